The van der Waals surface area contributed by atoms with E-state index in [2.05, 4.69) is 22.2 Å². The van der Waals surface area contributed by atoms with Crippen LogP contribution in [0.1, 0.15) is 17.6 Å². The standard InChI is InChI=1S/C10H16N2OS/c1-2-10-11-9(8-14-10)7-12-3-5-13-6-4-12/h8H,2-7H2,1H3. The molecule has 0 spiro atoms. The zero-order valence-corrected chi connectivity index (χ0v) is 9.35. The minimum Gasteiger partial charge on any atom is -0.379 e. The van der Waals surface area contributed by atoms with Gasteiger partial charge in [-0.15, -0.1) is 11.3 Å². The van der Waals surface area contributed by atoms with Crippen molar-refractivity contribution in [2.24, 2.45) is 0 Å². The molecule has 0 unspecified atom stereocenters. The van der Waals surface area contributed by atoms with Crippen LogP contribution >= 0.6 is 11.3 Å². The number of rotatable bonds is 3. The van der Waals surface area contributed by atoms with Gasteiger partial charge >= 0.3 is 0 Å². The molecule has 1 aromatic rings. The first-order valence-corrected chi connectivity index (χ1v) is 6.00. The Bertz CT molecular complexity index is 281. The highest BCUT2D eigenvalue weighted by Gasteiger charge is 2.11. The quantitative estimate of drug-likeness (QED) is 0.760. The Balaban J connectivity index is 1.89. The lowest BCUT2D eigenvalue weighted by Crippen LogP contribution is -2.35. The van der Waals surface area contributed by atoms with Gasteiger partial charge < -0.3 is 4.74 Å². The van der Waals surface area contributed by atoms with Crippen molar-refractivity contribution in [1.82, 2.24) is 9.88 Å². The van der Waals surface area contributed by atoms with E-state index >= 15 is 0 Å². The second-order valence-electron chi connectivity index (χ2n) is 3.47. The maximum atomic E-state index is 5.30. The monoisotopic (exact) mass is 212 g/mol. The first-order chi connectivity index (χ1) is 6.88. The second kappa shape index (κ2) is 4.87. The minimum absolute atomic E-state index is 0.866. The van der Waals surface area contributed by atoms with Gasteiger partial charge in [0.2, 0.25) is 0 Å². The minimum atomic E-state index is 0.866. The number of nitrogens with zero attached hydrogens (tertiary/aromatic N) is 2. The van der Waals surface area contributed by atoms with E-state index < -0.39 is 0 Å². The SMILES string of the molecule is CCc1nc(CN2CCOCC2)cs1. The fourth-order valence-electron chi connectivity index (χ4n) is 1.57. The summed E-state index contributed by atoms with van der Waals surface area (Å²) < 4.78 is 5.30. The number of ether oxygens (including phenoxy) is 1. The zero-order chi connectivity index (χ0) is 9.80. The number of morpholine rings is 1. The van der Waals surface area contributed by atoms with Crippen LogP contribution in [0.2, 0.25) is 0 Å². The molecule has 78 valence electrons. The van der Waals surface area contributed by atoms with E-state index in [-0.39, 0.29) is 0 Å². The maximum absolute atomic E-state index is 5.30. The van der Waals surface area contributed by atoms with Crippen molar-refractivity contribution in [2.75, 3.05) is 26.3 Å². The van der Waals surface area contributed by atoms with Crippen LogP contribution in [0.15, 0.2) is 5.38 Å². The first kappa shape index (κ1) is 10.1. The molecule has 1 aliphatic rings. The van der Waals surface area contributed by atoms with Crippen molar-refractivity contribution in [3.05, 3.63) is 16.1 Å². The van der Waals surface area contributed by atoms with Gasteiger partial charge in [-0.05, 0) is 6.42 Å². The number of aryl methyl sites for hydroxylation is 1. The number of hydrogen-bond acceptors (Lipinski definition) is 4. The van der Waals surface area contributed by atoms with Crippen molar-refractivity contribution < 1.29 is 4.74 Å². The molecule has 14 heavy (non-hydrogen) atoms. The fourth-order valence-corrected chi connectivity index (χ4v) is 2.31. The number of thiazole rings is 1. The predicted molar refractivity (Wildman–Crippen MR) is 57.6 cm³/mol. The molecule has 3 nitrogen and oxygen atoms in total. The van der Waals surface area contributed by atoms with Crippen LogP contribution in [-0.4, -0.2) is 36.2 Å². The van der Waals surface area contributed by atoms with Crippen LogP contribution in [-0.2, 0) is 17.7 Å². The van der Waals surface area contributed by atoms with Crippen molar-refractivity contribution in [3.63, 3.8) is 0 Å². The third-order valence-electron chi connectivity index (χ3n) is 2.39. The maximum Gasteiger partial charge on any atom is 0.0926 e. The van der Waals surface area contributed by atoms with Crippen LogP contribution in [0.5, 0.6) is 0 Å². The summed E-state index contributed by atoms with van der Waals surface area (Å²) in [6, 6.07) is 0. The summed E-state index contributed by atoms with van der Waals surface area (Å²) in [6.07, 6.45) is 1.05. The largest absolute Gasteiger partial charge is 0.379 e. The van der Waals surface area contributed by atoms with Gasteiger partial charge in [-0.2, -0.15) is 0 Å². The summed E-state index contributed by atoms with van der Waals surface area (Å²) in [4.78, 5) is 6.96. The highest BCUT2D eigenvalue weighted by Crippen LogP contribution is 2.12. The van der Waals surface area contributed by atoms with Gasteiger partial charge in [0.1, 0.15) is 0 Å². The molecule has 2 heterocycles. The fraction of sp³-hybridized carbons (Fsp3) is 0.700. The summed E-state index contributed by atoms with van der Waals surface area (Å²) in [5, 5.41) is 3.42. The van der Waals surface area contributed by atoms with Crippen LogP contribution in [0.4, 0.5) is 0 Å². The van der Waals surface area contributed by atoms with E-state index in [1.165, 1.54) is 10.7 Å². The van der Waals surface area contributed by atoms with E-state index in [0.29, 0.717) is 0 Å². The van der Waals surface area contributed by atoms with E-state index in [0.717, 1.165) is 39.3 Å². The molecule has 0 N–H and O–H groups in total. The molecule has 2 rings (SSSR count). The molecule has 4 heteroatoms. The van der Waals surface area contributed by atoms with Gasteiger partial charge in [0.05, 0.1) is 23.9 Å². The number of aromatic nitrogens is 1. The highest BCUT2D eigenvalue weighted by atomic mass is 32.1. The van der Waals surface area contributed by atoms with E-state index in [4.69, 9.17) is 4.74 Å². The van der Waals surface area contributed by atoms with Crippen molar-refractivity contribution in [1.29, 1.82) is 0 Å². The zero-order valence-electron chi connectivity index (χ0n) is 8.53. The summed E-state index contributed by atoms with van der Waals surface area (Å²) >= 11 is 1.77. The second-order valence-corrected chi connectivity index (χ2v) is 4.42. The molecule has 0 radical (unpaired) electrons. The molecule has 0 saturated carbocycles. The summed E-state index contributed by atoms with van der Waals surface area (Å²) in [5.74, 6) is 0. The van der Waals surface area contributed by atoms with Crippen LogP contribution in [0, 0.1) is 0 Å². The van der Waals surface area contributed by atoms with Gasteiger partial charge in [-0.3, -0.25) is 4.90 Å². The van der Waals surface area contributed by atoms with Crippen molar-refractivity contribution in [2.45, 2.75) is 19.9 Å². The third kappa shape index (κ3) is 2.53. The smallest absolute Gasteiger partial charge is 0.0926 e. The number of hydrogen-bond donors (Lipinski definition) is 0. The van der Waals surface area contributed by atoms with Crippen molar-refractivity contribution >= 4 is 11.3 Å². The van der Waals surface area contributed by atoms with Crippen molar-refractivity contribution in [3.8, 4) is 0 Å². The Kier molecular flexibility index (Phi) is 3.50. The molecule has 1 aromatic heterocycles. The van der Waals surface area contributed by atoms with Crippen LogP contribution < -0.4 is 0 Å². The Hall–Kier alpha value is -0.450. The van der Waals surface area contributed by atoms with Gasteiger partial charge in [0.15, 0.2) is 0 Å². The van der Waals surface area contributed by atoms with Gasteiger partial charge in [-0.25, -0.2) is 4.98 Å². The van der Waals surface area contributed by atoms with Gasteiger partial charge in [0, 0.05) is 25.0 Å². The Labute approximate surface area is 88.7 Å². The topological polar surface area (TPSA) is 25.4 Å². The summed E-state index contributed by atoms with van der Waals surface area (Å²) in [5.41, 5.74) is 1.22. The summed E-state index contributed by atoms with van der Waals surface area (Å²) in [6.45, 7) is 6.95. The average Bonchev–Trinajstić information content (AvgIpc) is 2.67. The third-order valence-corrected chi connectivity index (χ3v) is 3.43. The molecule has 1 aliphatic heterocycles. The Morgan fingerprint density at radius 3 is 2.93 bits per heavy atom. The van der Waals surface area contributed by atoms with E-state index in [1.54, 1.807) is 11.3 Å². The Morgan fingerprint density at radius 2 is 2.29 bits per heavy atom. The summed E-state index contributed by atoms with van der Waals surface area (Å²) in [7, 11) is 0. The molecule has 0 amide bonds. The lowest BCUT2D eigenvalue weighted by molar-refractivity contribution is 0.0337. The normalized spacial score (nSPS) is 18.6. The first-order valence-electron chi connectivity index (χ1n) is 5.12. The molecule has 1 fully saturated rings. The molecule has 1 saturated heterocycles. The highest BCUT2D eigenvalue weighted by molar-refractivity contribution is 7.09. The van der Waals surface area contributed by atoms with Gasteiger partial charge in [-0.1, -0.05) is 6.92 Å². The molecule has 0 atom stereocenters. The lowest BCUT2D eigenvalue weighted by atomic mass is 10.3. The predicted octanol–water partition coefficient (Wildman–Crippen LogP) is 1.54. The molecule has 0 bridgehead atoms. The van der Waals surface area contributed by atoms with E-state index in [9.17, 15) is 0 Å². The lowest BCUT2D eigenvalue weighted by Gasteiger charge is -2.25. The van der Waals surface area contributed by atoms with Gasteiger partial charge in [0.25, 0.3) is 0 Å². The molecular formula is C10H16N2OS. The molecule has 0 aliphatic carbocycles. The Morgan fingerprint density at radius 1 is 1.50 bits per heavy atom. The van der Waals surface area contributed by atoms with Crippen LogP contribution in [0.3, 0.4) is 0 Å². The van der Waals surface area contributed by atoms with E-state index in [1.807, 2.05) is 0 Å². The average molecular weight is 212 g/mol. The molecular weight excluding hydrogens is 196 g/mol. The van der Waals surface area contributed by atoms with Crippen LogP contribution in [0.25, 0.3) is 0 Å². The molecule has 0 aromatic carbocycles.